The van der Waals surface area contributed by atoms with Crippen LogP contribution in [0.1, 0.15) is 72.1 Å². The lowest BCUT2D eigenvalue weighted by Crippen LogP contribution is -2.40. The van der Waals surface area contributed by atoms with Crippen molar-refractivity contribution < 1.29 is 4.79 Å². The van der Waals surface area contributed by atoms with E-state index in [4.69, 9.17) is 0 Å². The van der Waals surface area contributed by atoms with E-state index in [1.165, 1.54) is 44.9 Å². The zero-order valence-electron chi connectivity index (χ0n) is 12.3. The Morgan fingerprint density at radius 3 is 2.17 bits per heavy atom. The van der Waals surface area contributed by atoms with Crippen LogP contribution in [0, 0.1) is 0 Å². The fourth-order valence-electron chi connectivity index (χ4n) is 2.45. The summed E-state index contributed by atoms with van der Waals surface area (Å²) in [4.78, 5) is 11.8. The molecule has 106 valence electrons. The van der Waals surface area contributed by atoms with Gasteiger partial charge in [0.25, 0.3) is 0 Å². The lowest BCUT2D eigenvalue weighted by Gasteiger charge is -2.23. The first-order valence-electron chi connectivity index (χ1n) is 7.52. The molecule has 18 heavy (non-hydrogen) atoms. The Balaban J connectivity index is 2.17. The van der Waals surface area contributed by atoms with Crippen molar-refractivity contribution in [3.05, 3.63) is 0 Å². The van der Waals surface area contributed by atoms with Crippen molar-refractivity contribution in [2.24, 2.45) is 0 Å². The predicted molar refractivity (Wildman–Crippen MR) is 76.6 cm³/mol. The standard InChI is InChI=1S/C15H30N2O/c1-15(2,3)16-12-11-14(18)17-13-9-7-5-4-6-8-10-13/h13,16H,4-12H2,1-3H3,(H,17,18). The average Bonchev–Trinajstić information content (AvgIpc) is 2.20. The third-order valence-electron chi connectivity index (χ3n) is 3.48. The summed E-state index contributed by atoms with van der Waals surface area (Å²) in [5, 5.41) is 6.55. The number of carbonyl (C=O) groups is 1. The molecule has 0 aromatic heterocycles. The quantitative estimate of drug-likeness (QED) is 0.810. The van der Waals surface area contributed by atoms with E-state index < -0.39 is 0 Å². The van der Waals surface area contributed by atoms with E-state index in [9.17, 15) is 4.79 Å². The second-order valence-corrected chi connectivity index (χ2v) is 6.54. The minimum absolute atomic E-state index is 0.0977. The molecule has 0 heterocycles. The van der Waals surface area contributed by atoms with Gasteiger partial charge in [-0.3, -0.25) is 4.79 Å². The number of hydrogen-bond donors (Lipinski definition) is 2. The van der Waals surface area contributed by atoms with E-state index in [0.717, 1.165) is 6.54 Å². The van der Waals surface area contributed by atoms with Crippen molar-refractivity contribution in [3.63, 3.8) is 0 Å². The van der Waals surface area contributed by atoms with Crippen molar-refractivity contribution in [2.75, 3.05) is 6.54 Å². The van der Waals surface area contributed by atoms with Gasteiger partial charge in [-0.05, 0) is 33.6 Å². The van der Waals surface area contributed by atoms with Crippen LogP contribution in [-0.2, 0) is 4.79 Å². The van der Waals surface area contributed by atoms with Crippen molar-refractivity contribution in [2.45, 2.75) is 83.7 Å². The van der Waals surface area contributed by atoms with Crippen LogP contribution < -0.4 is 10.6 Å². The van der Waals surface area contributed by atoms with Crippen LogP contribution in [-0.4, -0.2) is 24.0 Å². The van der Waals surface area contributed by atoms with Gasteiger partial charge in [0, 0.05) is 24.5 Å². The predicted octanol–water partition coefficient (Wildman–Crippen LogP) is 2.99. The summed E-state index contributed by atoms with van der Waals surface area (Å²) in [6.45, 7) is 7.14. The average molecular weight is 254 g/mol. The summed E-state index contributed by atoms with van der Waals surface area (Å²) >= 11 is 0. The van der Waals surface area contributed by atoms with Gasteiger partial charge in [0.1, 0.15) is 0 Å². The summed E-state index contributed by atoms with van der Waals surface area (Å²) in [7, 11) is 0. The molecule has 2 N–H and O–H groups in total. The number of hydrogen-bond acceptors (Lipinski definition) is 2. The fraction of sp³-hybridized carbons (Fsp3) is 0.933. The molecule has 0 aromatic rings. The molecule has 0 atom stereocenters. The Kier molecular flexibility index (Phi) is 6.69. The molecule has 0 aliphatic heterocycles. The zero-order chi connectivity index (χ0) is 13.4. The van der Waals surface area contributed by atoms with Gasteiger partial charge in [-0.2, -0.15) is 0 Å². The van der Waals surface area contributed by atoms with Gasteiger partial charge in [-0.1, -0.05) is 32.1 Å². The highest BCUT2D eigenvalue weighted by Crippen LogP contribution is 2.17. The number of amides is 1. The second-order valence-electron chi connectivity index (χ2n) is 6.54. The molecule has 1 saturated carbocycles. The molecule has 0 saturated heterocycles. The van der Waals surface area contributed by atoms with Gasteiger partial charge >= 0.3 is 0 Å². The highest BCUT2D eigenvalue weighted by Gasteiger charge is 2.14. The number of carbonyl (C=O) groups excluding carboxylic acids is 1. The maximum absolute atomic E-state index is 11.8. The van der Waals surface area contributed by atoms with Gasteiger partial charge < -0.3 is 10.6 Å². The molecule has 3 nitrogen and oxygen atoms in total. The van der Waals surface area contributed by atoms with Crippen LogP contribution in [0.25, 0.3) is 0 Å². The molecule has 1 rings (SSSR count). The molecular formula is C15H30N2O. The molecule has 0 aromatic carbocycles. The van der Waals surface area contributed by atoms with Crippen LogP contribution in [0.5, 0.6) is 0 Å². The largest absolute Gasteiger partial charge is 0.353 e. The lowest BCUT2D eigenvalue weighted by atomic mass is 9.96. The smallest absolute Gasteiger partial charge is 0.221 e. The molecule has 3 heteroatoms. The maximum Gasteiger partial charge on any atom is 0.221 e. The molecule has 0 bridgehead atoms. The Morgan fingerprint density at radius 1 is 1.06 bits per heavy atom. The third kappa shape index (κ3) is 7.70. The highest BCUT2D eigenvalue weighted by molar-refractivity contribution is 5.76. The minimum atomic E-state index is 0.0977. The van der Waals surface area contributed by atoms with Gasteiger partial charge in [0.05, 0.1) is 0 Å². The van der Waals surface area contributed by atoms with Crippen molar-refractivity contribution >= 4 is 5.91 Å². The van der Waals surface area contributed by atoms with E-state index in [0.29, 0.717) is 12.5 Å². The van der Waals surface area contributed by atoms with Crippen molar-refractivity contribution in [3.8, 4) is 0 Å². The van der Waals surface area contributed by atoms with E-state index in [1.54, 1.807) is 0 Å². The van der Waals surface area contributed by atoms with Crippen LogP contribution in [0.15, 0.2) is 0 Å². The summed E-state index contributed by atoms with van der Waals surface area (Å²) < 4.78 is 0. The number of rotatable bonds is 4. The van der Waals surface area contributed by atoms with Crippen LogP contribution in [0.4, 0.5) is 0 Å². The van der Waals surface area contributed by atoms with E-state index in [-0.39, 0.29) is 11.4 Å². The zero-order valence-corrected chi connectivity index (χ0v) is 12.3. The second kappa shape index (κ2) is 7.78. The topological polar surface area (TPSA) is 41.1 Å². The van der Waals surface area contributed by atoms with Gasteiger partial charge in [0.15, 0.2) is 0 Å². The normalized spacial score (nSPS) is 19.1. The van der Waals surface area contributed by atoms with Gasteiger partial charge in [0.2, 0.25) is 5.91 Å². The number of nitrogens with one attached hydrogen (secondary N) is 2. The minimum Gasteiger partial charge on any atom is -0.353 e. The first kappa shape index (κ1) is 15.5. The van der Waals surface area contributed by atoms with Crippen molar-refractivity contribution in [1.29, 1.82) is 0 Å². The molecule has 1 fully saturated rings. The first-order valence-corrected chi connectivity index (χ1v) is 7.52. The Labute approximate surface area is 112 Å². The summed E-state index contributed by atoms with van der Waals surface area (Å²) in [6.07, 6.45) is 9.49. The Hall–Kier alpha value is -0.570. The molecule has 0 radical (unpaired) electrons. The summed E-state index contributed by atoms with van der Waals surface area (Å²) in [5.74, 6) is 0.206. The molecule has 1 aliphatic rings. The van der Waals surface area contributed by atoms with E-state index in [1.807, 2.05) is 0 Å². The monoisotopic (exact) mass is 254 g/mol. The van der Waals surface area contributed by atoms with Crippen LogP contribution >= 0.6 is 0 Å². The maximum atomic E-state index is 11.8. The Bertz CT molecular complexity index is 237. The highest BCUT2D eigenvalue weighted by atomic mass is 16.1. The SMILES string of the molecule is CC(C)(C)NCCC(=O)NC1CCCCCCC1. The Morgan fingerprint density at radius 2 is 1.61 bits per heavy atom. The van der Waals surface area contributed by atoms with E-state index in [2.05, 4.69) is 31.4 Å². The lowest BCUT2D eigenvalue weighted by molar-refractivity contribution is -0.121. The summed E-state index contributed by atoms with van der Waals surface area (Å²) in [6, 6.07) is 0.424. The van der Waals surface area contributed by atoms with Crippen LogP contribution in [0.3, 0.4) is 0 Å². The molecule has 0 unspecified atom stereocenters. The summed E-state index contributed by atoms with van der Waals surface area (Å²) in [5.41, 5.74) is 0.0977. The van der Waals surface area contributed by atoms with E-state index >= 15 is 0 Å². The fourth-order valence-corrected chi connectivity index (χ4v) is 2.45. The van der Waals surface area contributed by atoms with Gasteiger partial charge in [-0.25, -0.2) is 0 Å². The van der Waals surface area contributed by atoms with Crippen molar-refractivity contribution in [1.82, 2.24) is 10.6 Å². The molecule has 1 aliphatic carbocycles. The molecule has 1 amide bonds. The molecule has 0 spiro atoms. The van der Waals surface area contributed by atoms with Gasteiger partial charge in [-0.15, -0.1) is 0 Å². The molecular weight excluding hydrogens is 224 g/mol. The first-order chi connectivity index (χ1) is 8.47. The third-order valence-corrected chi connectivity index (χ3v) is 3.48. The van der Waals surface area contributed by atoms with Crippen LogP contribution in [0.2, 0.25) is 0 Å².